The van der Waals surface area contributed by atoms with Gasteiger partial charge < -0.3 is 14.9 Å². The molecule has 1 atom stereocenters. The Morgan fingerprint density at radius 2 is 1.94 bits per heavy atom. The van der Waals surface area contributed by atoms with Crippen molar-refractivity contribution in [3.8, 4) is 11.5 Å². The second kappa shape index (κ2) is 8.62. The van der Waals surface area contributed by atoms with Crippen LogP contribution in [0.3, 0.4) is 0 Å². The highest BCUT2D eigenvalue weighted by atomic mass is 16.5. The summed E-state index contributed by atoms with van der Waals surface area (Å²) in [4.78, 5) is 25.2. The third-order valence-corrected chi connectivity index (χ3v) is 5.45. The van der Waals surface area contributed by atoms with Gasteiger partial charge in [0.25, 0.3) is 0 Å². The molecule has 0 bridgehead atoms. The number of hydrogen-bond acceptors (Lipinski definition) is 7. The number of hydrogen-bond donors (Lipinski definition) is 3. The van der Waals surface area contributed by atoms with E-state index in [0.717, 1.165) is 0 Å². The van der Waals surface area contributed by atoms with E-state index in [9.17, 15) is 19.8 Å². The number of ether oxygens (including phenoxy) is 1. The zero-order valence-corrected chi connectivity index (χ0v) is 18.0. The smallest absolute Gasteiger partial charge is 0.335 e. The first kappa shape index (κ1) is 21.8. The van der Waals surface area contributed by atoms with Crippen LogP contribution < -0.4 is 15.2 Å². The highest BCUT2D eigenvalue weighted by Gasteiger charge is 2.40. The molecule has 9 heteroatoms. The second-order valence-corrected chi connectivity index (χ2v) is 7.59. The molecule has 0 saturated heterocycles. The summed E-state index contributed by atoms with van der Waals surface area (Å²) in [6.07, 6.45) is 4.81. The van der Waals surface area contributed by atoms with Crippen molar-refractivity contribution in [2.24, 2.45) is 10.2 Å². The number of carbonyl (C=O) groups is 2. The maximum Gasteiger partial charge on any atom is 0.335 e. The SMILES string of the molecule is COc1ccc(N2N=C(C)/C(=N/NC3(C(=O)O)C=CC=C(c4ccccc4O)C3)C2=O)cc1. The minimum Gasteiger partial charge on any atom is -0.507 e. The number of phenolic OH excluding ortho intramolecular Hbond substituents is 1. The van der Waals surface area contributed by atoms with Crippen LogP contribution >= 0.6 is 0 Å². The maximum absolute atomic E-state index is 12.9. The monoisotopic (exact) mass is 446 g/mol. The van der Waals surface area contributed by atoms with E-state index < -0.39 is 17.4 Å². The lowest BCUT2D eigenvalue weighted by atomic mass is 9.84. The number of phenols is 1. The summed E-state index contributed by atoms with van der Waals surface area (Å²) in [5.41, 5.74) is 3.11. The van der Waals surface area contributed by atoms with E-state index >= 15 is 0 Å². The van der Waals surface area contributed by atoms with Gasteiger partial charge in [-0.25, -0.2) is 4.79 Å². The third kappa shape index (κ3) is 4.08. The molecule has 1 aliphatic carbocycles. The van der Waals surface area contributed by atoms with Gasteiger partial charge in [0.2, 0.25) is 0 Å². The van der Waals surface area contributed by atoms with Crippen LogP contribution in [-0.2, 0) is 9.59 Å². The van der Waals surface area contributed by atoms with E-state index in [1.165, 1.54) is 17.2 Å². The minimum atomic E-state index is -1.60. The normalized spacial score (nSPS) is 21.1. The first-order chi connectivity index (χ1) is 15.8. The molecule has 0 saturated carbocycles. The summed E-state index contributed by atoms with van der Waals surface area (Å²) in [6, 6.07) is 13.5. The number of rotatable bonds is 6. The van der Waals surface area contributed by atoms with Crippen molar-refractivity contribution in [1.29, 1.82) is 0 Å². The number of allylic oxidation sites excluding steroid dienone is 2. The molecule has 0 fully saturated rings. The molecule has 168 valence electrons. The van der Waals surface area contributed by atoms with Gasteiger partial charge in [-0.2, -0.15) is 15.2 Å². The van der Waals surface area contributed by atoms with Crippen LogP contribution in [0, 0.1) is 0 Å². The minimum absolute atomic E-state index is 0.0125. The first-order valence-electron chi connectivity index (χ1n) is 10.1. The zero-order valence-electron chi connectivity index (χ0n) is 18.0. The number of carbonyl (C=O) groups excluding carboxylic acids is 1. The molecule has 2 aromatic rings. The van der Waals surface area contributed by atoms with E-state index in [0.29, 0.717) is 28.3 Å². The Morgan fingerprint density at radius 3 is 2.61 bits per heavy atom. The molecule has 0 spiro atoms. The van der Waals surface area contributed by atoms with Gasteiger partial charge >= 0.3 is 11.9 Å². The van der Waals surface area contributed by atoms with Crippen LogP contribution in [0.2, 0.25) is 0 Å². The van der Waals surface area contributed by atoms with Gasteiger partial charge in [-0.15, -0.1) is 0 Å². The summed E-state index contributed by atoms with van der Waals surface area (Å²) in [5, 5.41) is 29.8. The van der Waals surface area contributed by atoms with Gasteiger partial charge in [-0.1, -0.05) is 30.4 Å². The molecule has 4 rings (SSSR count). The van der Waals surface area contributed by atoms with E-state index in [2.05, 4.69) is 15.6 Å². The number of benzene rings is 2. The zero-order chi connectivity index (χ0) is 23.6. The van der Waals surface area contributed by atoms with Gasteiger partial charge in [0.15, 0.2) is 11.3 Å². The van der Waals surface area contributed by atoms with Crippen molar-refractivity contribution in [2.75, 3.05) is 12.1 Å². The molecule has 3 N–H and O–H groups in total. The van der Waals surface area contributed by atoms with E-state index in [1.54, 1.807) is 68.7 Å². The molecule has 1 unspecified atom stereocenters. The number of hydrazone groups is 2. The number of methoxy groups -OCH3 is 1. The molecule has 1 amide bonds. The van der Waals surface area contributed by atoms with Crippen molar-refractivity contribution in [3.63, 3.8) is 0 Å². The Balaban J connectivity index is 1.58. The number of nitrogens with zero attached hydrogens (tertiary/aromatic N) is 3. The van der Waals surface area contributed by atoms with Crippen molar-refractivity contribution in [1.82, 2.24) is 5.43 Å². The molecule has 0 aromatic heterocycles. The van der Waals surface area contributed by atoms with E-state index in [-0.39, 0.29) is 17.9 Å². The number of para-hydroxylation sites is 1. The Kier molecular flexibility index (Phi) is 5.70. The number of anilines is 1. The summed E-state index contributed by atoms with van der Waals surface area (Å²) >= 11 is 0. The number of aromatic hydroxyl groups is 1. The highest BCUT2D eigenvalue weighted by Crippen LogP contribution is 2.34. The lowest BCUT2D eigenvalue weighted by Crippen LogP contribution is -2.50. The lowest BCUT2D eigenvalue weighted by Gasteiger charge is -2.29. The Morgan fingerprint density at radius 1 is 1.21 bits per heavy atom. The third-order valence-electron chi connectivity index (χ3n) is 5.45. The average molecular weight is 446 g/mol. The molecule has 9 nitrogen and oxygen atoms in total. The maximum atomic E-state index is 12.9. The predicted molar refractivity (Wildman–Crippen MR) is 124 cm³/mol. The summed E-state index contributed by atoms with van der Waals surface area (Å²) in [7, 11) is 1.55. The number of carboxylic acid groups (broad SMARTS) is 1. The van der Waals surface area contributed by atoms with Crippen molar-refractivity contribution in [3.05, 3.63) is 72.3 Å². The largest absolute Gasteiger partial charge is 0.507 e. The number of amides is 1. The molecule has 1 heterocycles. The topological polar surface area (TPSA) is 124 Å². The molecule has 1 aliphatic heterocycles. The lowest BCUT2D eigenvalue weighted by molar-refractivity contribution is -0.142. The van der Waals surface area contributed by atoms with Crippen molar-refractivity contribution >= 4 is 34.6 Å². The summed E-state index contributed by atoms with van der Waals surface area (Å²) in [6.45, 7) is 1.62. The van der Waals surface area contributed by atoms with E-state index in [4.69, 9.17) is 4.74 Å². The molecular weight excluding hydrogens is 424 g/mol. The second-order valence-electron chi connectivity index (χ2n) is 7.59. The molecule has 33 heavy (non-hydrogen) atoms. The fourth-order valence-electron chi connectivity index (χ4n) is 3.63. The van der Waals surface area contributed by atoms with Crippen LogP contribution in [0.4, 0.5) is 5.69 Å². The van der Waals surface area contributed by atoms with Gasteiger partial charge in [-0.05, 0) is 48.9 Å². The first-order valence-corrected chi connectivity index (χ1v) is 10.1. The fourth-order valence-corrected chi connectivity index (χ4v) is 3.63. The van der Waals surface area contributed by atoms with Crippen molar-refractivity contribution < 1.29 is 24.5 Å². The van der Waals surface area contributed by atoms with Gasteiger partial charge in [0, 0.05) is 12.0 Å². The van der Waals surface area contributed by atoms with E-state index in [1.807, 2.05) is 0 Å². The van der Waals surface area contributed by atoms with Crippen LogP contribution in [0.5, 0.6) is 11.5 Å². The molecule has 0 radical (unpaired) electrons. The average Bonchev–Trinajstić information content (AvgIpc) is 3.11. The van der Waals surface area contributed by atoms with Crippen LogP contribution in [0.15, 0.2) is 77.0 Å². The molecule has 2 aromatic carbocycles. The van der Waals surface area contributed by atoms with Gasteiger partial charge in [-0.3, -0.25) is 10.2 Å². The van der Waals surface area contributed by atoms with Gasteiger partial charge in [0.05, 0.1) is 18.5 Å². The van der Waals surface area contributed by atoms with Crippen LogP contribution in [0.1, 0.15) is 18.9 Å². The van der Waals surface area contributed by atoms with Crippen molar-refractivity contribution in [2.45, 2.75) is 18.9 Å². The summed E-state index contributed by atoms with van der Waals surface area (Å²) < 4.78 is 5.13. The number of aliphatic carboxylic acids is 1. The quantitative estimate of drug-likeness (QED) is 0.586. The Labute approximate surface area is 190 Å². The molecular formula is C24H22N4O5. The summed E-state index contributed by atoms with van der Waals surface area (Å²) in [5.74, 6) is -0.964. The van der Waals surface area contributed by atoms with Crippen LogP contribution in [-0.4, -0.2) is 46.2 Å². The van der Waals surface area contributed by atoms with Crippen LogP contribution in [0.25, 0.3) is 5.57 Å². The molecule has 2 aliphatic rings. The highest BCUT2D eigenvalue weighted by molar-refractivity contribution is 6.71. The van der Waals surface area contributed by atoms with Gasteiger partial charge in [0.1, 0.15) is 11.5 Å². The predicted octanol–water partition coefficient (Wildman–Crippen LogP) is 2.94. The Hall–Kier alpha value is -4.40. The number of nitrogens with one attached hydrogen (secondary N) is 1. The Bertz CT molecular complexity index is 1230. The standard InChI is InChI=1S/C24H22N4O5/c1-15-21(22(30)28(26-15)17-9-11-18(33-2)12-10-17)25-27-24(23(31)32)13-5-6-16(14-24)19-7-3-4-8-20(19)29/h3-13,27,29H,14H2,1-2H3,(H,31,32)/b25-21-. The fraction of sp³-hybridized carbons (Fsp3) is 0.167. The number of carboxylic acids is 1.